The van der Waals surface area contributed by atoms with E-state index in [1.165, 1.54) is 19.3 Å². The van der Waals surface area contributed by atoms with Crippen LogP contribution in [0.5, 0.6) is 0 Å². The Morgan fingerprint density at radius 1 is 1.27 bits per heavy atom. The first-order chi connectivity index (χ1) is 5.22. The number of nitrogens with one attached hydrogen (secondary N) is 1. The molecule has 0 amide bonds. The molecule has 0 radical (unpaired) electrons. The van der Waals surface area contributed by atoms with Gasteiger partial charge in [-0.1, -0.05) is 25.7 Å². The third-order valence-electron chi connectivity index (χ3n) is 1.91. The van der Waals surface area contributed by atoms with Crippen molar-refractivity contribution in [1.29, 1.82) is 0 Å². The zero-order valence-electron chi connectivity index (χ0n) is 6.26. The summed E-state index contributed by atoms with van der Waals surface area (Å²) in [4.78, 5) is 0. The van der Waals surface area contributed by atoms with Crippen LogP contribution in [0.2, 0.25) is 0 Å². The monoisotopic (exact) mass is 376 g/mol. The van der Waals surface area contributed by atoms with E-state index in [4.69, 9.17) is 24.6 Å². The Kier molecular flexibility index (Phi) is 8.73. The van der Waals surface area contributed by atoms with Crippen LogP contribution in [0.1, 0.15) is 25.7 Å². The van der Waals surface area contributed by atoms with Crippen LogP contribution in [0.15, 0.2) is 0 Å². The normalized spacial score (nSPS) is 30.9. The van der Waals surface area contributed by atoms with Crippen molar-refractivity contribution in [2.24, 2.45) is 5.92 Å². The van der Waals surface area contributed by atoms with Crippen molar-refractivity contribution >= 4 is 18.8 Å². The minimum atomic E-state index is -0.472. The SMILES string of the molecule is [CH2-]C1CCCCC1[NH-].[Cl][Pt+2][Cl]. The molecule has 1 N–H and O–H groups in total. The van der Waals surface area contributed by atoms with Crippen molar-refractivity contribution in [2.45, 2.75) is 31.7 Å². The van der Waals surface area contributed by atoms with Crippen molar-refractivity contribution in [1.82, 2.24) is 0 Å². The molecule has 4 heteroatoms. The summed E-state index contributed by atoms with van der Waals surface area (Å²) in [6.45, 7) is 3.89. The zero-order chi connectivity index (χ0) is 8.69. The van der Waals surface area contributed by atoms with E-state index >= 15 is 0 Å². The first-order valence-electron chi connectivity index (χ1n) is 3.59. The second-order valence-electron chi connectivity index (χ2n) is 2.70. The van der Waals surface area contributed by atoms with Crippen molar-refractivity contribution in [3.8, 4) is 0 Å². The van der Waals surface area contributed by atoms with Gasteiger partial charge in [-0.15, -0.1) is 0 Å². The van der Waals surface area contributed by atoms with E-state index in [0.29, 0.717) is 5.92 Å². The van der Waals surface area contributed by atoms with E-state index in [-0.39, 0.29) is 6.04 Å². The standard InChI is InChI=1S/C7H13N.2ClH.Pt/c1-6-4-2-3-5-7(6)8;;;/h6-8H,1-5H2;2*1H;/q-2;;;+4/p-2. The Morgan fingerprint density at radius 2 is 1.73 bits per heavy atom. The van der Waals surface area contributed by atoms with Gasteiger partial charge >= 0.3 is 35.3 Å². The molecule has 11 heavy (non-hydrogen) atoms. The minimum absolute atomic E-state index is 0.142. The predicted octanol–water partition coefficient (Wildman–Crippen LogP) is 3.81. The molecule has 1 aliphatic rings. The quantitative estimate of drug-likeness (QED) is 0.574. The van der Waals surface area contributed by atoms with Gasteiger partial charge in [0.25, 0.3) is 0 Å². The summed E-state index contributed by atoms with van der Waals surface area (Å²) in [7, 11) is 9.75. The van der Waals surface area contributed by atoms with Gasteiger partial charge in [0.2, 0.25) is 0 Å². The van der Waals surface area contributed by atoms with E-state index in [9.17, 15) is 0 Å². The molecule has 1 rings (SSSR count). The maximum absolute atomic E-state index is 7.42. The van der Waals surface area contributed by atoms with Gasteiger partial charge in [0.1, 0.15) is 0 Å². The fraction of sp³-hybridized carbons (Fsp3) is 0.857. The third kappa shape index (κ3) is 6.39. The van der Waals surface area contributed by atoms with Crippen LogP contribution >= 0.6 is 18.8 Å². The van der Waals surface area contributed by atoms with Gasteiger partial charge < -0.3 is 12.7 Å². The molecule has 70 valence electrons. The predicted molar refractivity (Wildman–Crippen MR) is 47.1 cm³/mol. The summed E-state index contributed by atoms with van der Waals surface area (Å²) in [5, 5.41) is 0. The van der Waals surface area contributed by atoms with Crippen LogP contribution in [-0.2, 0) is 16.5 Å². The van der Waals surface area contributed by atoms with Crippen LogP contribution in [-0.4, -0.2) is 6.04 Å². The summed E-state index contributed by atoms with van der Waals surface area (Å²) in [5.41, 5.74) is 7.42. The van der Waals surface area contributed by atoms with Crippen LogP contribution < -0.4 is 0 Å². The van der Waals surface area contributed by atoms with Crippen molar-refractivity contribution in [3.63, 3.8) is 0 Å². The summed E-state index contributed by atoms with van der Waals surface area (Å²) >= 11 is -0.472. The van der Waals surface area contributed by atoms with Crippen LogP contribution in [0, 0.1) is 12.8 Å². The summed E-state index contributed by atoms with van der Waals surface area (Å²) in [5.74, 6) is 0.420. The van der Waals surface area contributed by atoms with E-state index in [1.807, 2.05) is 0 Å². The van der Waals surface area contributed by atoms with Gasteiger partial charge in [0.15, 0.2) is 0 Å². The van der Waals surface area contributed by atoms with Crippen molar-refractivity contribution in [3.05, 3.63) is 12.7 Å². The molecule has 0 aromatic heterocycles. The van der Waals surface area contributed by atoms with Crippen LogP contribution in [0.3, 0.4) is 0 Å². The molecule has 1 saturated carbocycles. The fourth-order valence-corrected chi connectivity index (χ4v) is 1.21. The average Bonchev–Trinajstić information content (AvgIpc) is 1.97. The topological polar surface area (TPSA) is 23.8 Å². The van der Waals surface area contributed by atoms with Gasteiger partial charge in [-0.2, -0.15) is 12.0 Å². The molecule has 0 aromatic rings. The number of rotatable bonds is 0. The Hall–Kier alpha value is 1.23. The van der Waals surface area contributed by atoms with Gasteiger partial charge in [0, 0.05) is 0 Å². The molecular formula is C7H13Cl2NPt. The molecule has 1 fully saturated rings. The molecule has 1 nitrogen and oxygen atoms in total. The van der Waals surface area contributed by atoms with E-state index in [2.05, 4.69) is 6.92 Å². The number of halogens is 2. The Balaban J connectivity index is 0.000000292. The summed E-state index contributed by atoms with van der Waals surface area (Å²) in [6.07, 6.45) is 4.80. The average molecular weight is 377 g/mol. The van der Waals surface area contributed by atoms with E-state index < -0.39 is 16.5 Å². The van der Waals surface area contributed by atoms with Gasteiger partial charge in [0.05, 0.1) is 0 Å². The second-order valence-corrected chi connectivity index (χ2v) is 5.98. The van der Waals surface area contributed by atoms with E-state index in [0.717, 1.165) is 6.42 Å². The molecular weight excluding hydrogens is 364 g/mol. The first-order valence-corrected chi connectivity index (χ1v) is 9.22. The molecule has 0 heterocycles. The van der Waals surface area contributed by atoms with Crippen molar-refractivity contribution < 1.29 is 16.5 Å². The molecule has 1 aliphatic carbocycles. The Labute approximate surface area is 85.4 Å². The van der Waals surface area contributed by atoms with Gasteiger partial charge in [-0.3, -0.25) is 0 Å². The molecule has 0 bridgehead atoms. The molecule has 0 aromatic carbocycles. The second kappa shape index (κ2) is 7.86. The Morgan fingerprint density at radius 3 is 2.00 bits per heavy atom. The van der Waals surface area contributed by atoms with Crippen molar-refractivity contribution in [2.75, 3.05) is 0 Å². The first kappa shape index (κ1) is 12.2. The summed E-state index contributed by atoms with van der Waals surface area (Å²) < 4.78 is 0. The number of hydrogen-bond donors (Lipinski definition) is 0. The summed E-state index contributed by atoms with van der Waals surface area (Å²) in [6, 6.07) is 0.142. The van der Waals surface area contributed by atoms with Gasteiger partial charge in [-0.05, 0) is 0 Å². The van der Waals surface area contributed by atoms with Crippen LogP contribution in [0.4, 0.5) is 0 Å². The fourth-order valence-electron chi connectivity index (χ4n) is 1.21. The van der Waals surface area contributed by atoms with Gasteiger partial charge in [-0.25, -0.2) is 0 Å². The van der Waals surface area contributed by atoms with E-state index in [1.54, 1.807) is 0 Å². The molecule has 0 saturated heterocycles. The third-order valence-corrected chi connectivity index (χ3v) is 1.91. The number of hydrogen-bond acceptors (Lipinski definition) is 0. The zero-order valence-corrected chi connectivity index (χ0v) is 10.0. The molecule has 2 atom stereocenters. The maximum atomic E-state index is 7.42. The van der Waals surface area contributed by atoms with Crippen LogP contribution in [0.25, 0.3) is 5.73 Å². The molecule has 0 spiro atoms. The molecule has 2 unspecified atom stereocenters. The Bertz CT molecular complexity index is 82.5. The molecule has 0 aliphatic heterocycles.